The molecule has 1 unspecified atom stereocenters. The molecule has 5 nitrogen and oxygen atoms in total. The molecule has 20 heavy (non-hydrogen) atoms. The van der Waals surface area contributed by atoms with E-state index in [1.54, 1.807) is 12.1 Å². The van der Waals surface area contributed by atoms with Gasteiger partial charge in [0.25, 0.3) is 0 Å². The zero-order valence-corrected chi connectivity index (χ0v) is 11.8. The minimum Gasteiger partial charge on any atom is -0.478 e. The van der Waals surface area contributed by atoms with Crippen molar-refractivity contribution >= 4 is 11.7 Å². The third-order valence-corrected chi connectivity index (χ3v) is 3.95. The van der Waals surface area contributed by atoms with E-state index >= 15 is 0 Å². The number of nitrogen functional groups attached to an aromatic ring is 1. The molecule has 0 spiro atoms. The molecule has 1 fully saturated rings. The maximum absolute atomic E-state index is 11.3. The summed E-state index contributed by atoms with van der Waals surface area (Å²) in [5.74, 6) is -0.986. The second-order valence-electron chi connectivity index (χ2n) is 5.81. The van der Waals surface area contributed by atoms with Crippen LogP contribution < -0.4 is 5.73 Å². The highest BCUT2D eigenvalue weighted by atomic mass is 16.4. The Morgan fingerprint density at radius 1 is 1.40 bits per heavy atom. The van der Waals surface area contributed by atoms with Gasteiger partial charge in [0.1, 0.15) is 0 Å². The second kappa shape index (κ2) is 5.81. The fourth-order valence-electron chi connectivity index (χ4n) is 2.73. The Hall–Kier alpha value is -1.59. The molecule has 0 bridgehead atoms. The van der Waals surface area contributed by atoms with E-state index in [0.29, 0.717) is 18.7 Å². The predicted octanol–water partition coefficient (Wildman–Crippen LogP) is 1.70. The lowest BCUT2D eigenvalue weighted by Gasteiger charge is -2.23. The Bertz CT molecular complexity index is 500. The summed E-state index contributed by atoms with van der Waals surface area (Å²) in [5, 5.41) is 19.4. The number of nitrogens with two attached hydrogens (primary N) is 1. The SMILES string of the molecule is CC1(O)CCCN(Cc2cccc(N)c2C(=O)O)CC1. The van der Waals surface area contributed by atoms with Crippen molar-refractivity contribution in [1.29, 1.82) is 0 Å². The van der Waals surface area contributed by atoms with Crippen molar-refractivity contribution in [3.8, 4) is 0 Å². The van der Waals surface area contributed by atoms with Gasteiger partial charge in [0.05, 0.1) is 11.2 Å². The number of carbonyl (C=O) groups is 1. The van der Waals surface area contributed by atoms with E-state index in [-0.39, 0.29) is 5.56 Å². The minimum absolute atomic E-state index is 0.198. The molecule has 1 atom stereocenters. The number of anilines is 1. The number of hydrogen-bond acceptors (Lipinski definition) is 4. The van der Waals surface area contributed by atoms with Crippen molar-refractivity contribution < 1.29 is 15.0 Å². The number of likely N-dealkylation sites (tertiary alicyclic amines) is 1. The quantitative estimate of drug-likeness (QED) is 0.733. The van der Waals surface area contributed by atoms with Crippen LogP contribution in [-0.2, 0) is 6.54 Å². The first-order chi connectivity index (χ1) is 9.39. The van der Waals surface area contributed by atoms with Gasteiger partial charge in [-0.05, 0) is 44.4 Å². The number of aromatic carboxylic acids is 1. The molecule has 1 saturated heterocycles. The Balaban J connectivity index is 2.14. The Morgan fingerprint density at radius 3 is 2.85 bits per heavy atom. The molecule has 0 saturated carbocycles. The van der Waals surface area contributed by atoms with E-state index in [0.717, 1.165) is 31.5 Å². The number of carboxylic acid groups (broad SMARTS) is 1. The van der Waals surface area contributed by atoms with Crippen molar-refractivity contribution in [1.82, 2.24) is 4.90 Å². The summed E-state index contributed by atoms with van der Waals surface area (Å²) in [6, 6.07) is 5.20. The van der Waals surface area contributed by atoms with Gasteiger partial charge in [-0.15, -0.1) is 0 Å². The van der Waals surface area contributed by atoms with E-state index in [9.17, 15) is 15.0 Å². The molecular weight excluding hydrogens is 256 g/mol. The van der Waals surface area contributed by atoms with Crippen molar-refractivity contribution in [2.45, 2.75) is 38.3 Å². The van der Waals surface area contributed by atoms with Gasteiger partial charge in [-0.2, -0.15) is 0 Å². The molecule has 1 aromatic carbocycles. The number of aliphatic hydroxyl groups is 1. The van der Waals surface area contributed by atoms with Crippen LogP contribution in [0.5, 0.6) is 0 Å². The summed E-state index contributed by atoms with van der Waals surface area (Å²) < 4.78 is 0. The van der Waals surface area contributed by atoms with Crippen LogP contribution in [0.3, 0.4) is 0 Å². The second-order valence-corrected chi connectivity index (χ2v) is 5.81. The van der Waals surface area contributed by atoms with Crippen LogP contribution in [0.15, 0.2) is 18.2 Å². The summed E-state index contributed by atoms with van der Waals surface area (Å²) in [5.41, 5.74) is 6.39. The predicted molar refractivity (Wildman–Crippen MR) is 77.6 cm³/mol. The molecule has 1 heterocycles. The third kappa shape index (κ3) is 3.49. The largest absolute Gasteiger partial charge is 0.478 e. The van der Waals surface area contributed by atoms with Gasteiger partial charge in [0.15, 0.2) is 0 Å². The van der Waals surface area contributed by atoms with E-state index in [1.165, 1.54) is 0 Å². The molecule has 0 radical (unpaired) electrons. The van der Waals surface area contributed by atoms with Gasteiger partial charge in [-0.1, -0.05) is 12.1 Å². The number of hydrogen-bond donors (Lipinski definition) is 3. The summed E-state index contributed by atoms with van der Waals surface area (Å²) >= 11 is 0. The van der Waals surface area contributed by atoms with Crippen LogP contribution in [0.25, 0.3) is 0 Å². The molecule has 4 N–H and O–H groups in total. The average molecular weight is 278 g/mol. The molecule has 0 amide bonds. The summed E-state index contributed by atoms with van der Waals surface area (Å²) in [6.07, 6.45) is 2.40. The fraction of sp³-hybridized carbons (Fsp3) is 0.533. The first kappa shape index (κ1) is 14.8. The fourth-order valence-corrected chi connectivity index (χ4v) is 2.73. The Labute approximate surface area is 119 Å². The Morgan fingerprint density at radius 2 is 2.15 bits per heavy atom. The van der Waals surface area contributed by atoms with Crippen molar-refractivity contribution in [2.75, 3.05) is 18.8 Å². The summed E-state index contributed by atoms with van der Waals surface area (Å²) in [6.45, 7) is 4.05. The van der Waals surface area contributed by atoms with Crippen molar-refractivity contribution in [2.24, 2.45) is 0 Å². The normalized spacial score (nSPS) is 24.3. The minimum atomic E-state index is -0.986. The van der Waals surface area contributed by atoms with E-state index in [1.807, 2.05) is 13.0 Å². The standard InChI is InChI=1S/C15H22N2O3/c1-15(20)6-3-8-17(9-7-15)10-11-4-2-5-12(16)13(11)14(18)19/h2,4-5,20H,3,6-10,16H2,1H3,(H,18,19). The number of carboxylic acids is 1. The maximum Gasteiger partial charge on any atom is 0.338 e. The molecule has 1 aliphatic rings. The highest BCUT2D eigenvalue weighted by Crippen LogP contribution is 2.24. The lowest BCUT2D eigenvalue weighted by atomic mass is 9.98. The van der Waals surface area contributed by atoms with Crippen LogP contribution in [0.1, 0.15) is 42.1 Å². The van der Waals surface area contributed by atoms with Gasteiger partial charge in [-0.25, -0.2) is 4.79 Å². The first-order valence-corrected chi connectivity index (χ1v) is 6.94. The van der Waals surface area contributed by atoms with E-state index < -0.39 is 11.6 Å². The molecule has 5 heteroatoms. The highest BCUT2D eigenvalue weighted by molar-refractivity contribution is 5.95. The highest BCUT2D eigenvalue weighted by Gasteiger charge is 2.25. The van der Waals surface area contributed by atoms with Crippen LogP contribution in [0.4, 0.5) is 5.69 Å². The lowest BCUT2D eigenvalue weighted by molar-refractivity contribution is 0.0443. The zero-order valence-electron chi connectivity index (χ0n) is 11.8. The van der Waals surface area contributed by atoms with Gasteiger partial charge in [0, 0.05) is 18.8 Å². The average Bonchev–Trinajstić information content (AvgIpc) is 2.50. The lowest BCUT2D eigenvalue weighted by Crippen LogP contribution is -2.28. The summed E-state index contributed by atoms with van der Waals surface area (Å²) in [7, 11) is 0. The number of benzene rings is 1. The Kier molecular flexibility index (Phi) is 4.30. The van der Waals surface area contributed by atoms with Crippen LogP contribution >= 0.6 is 0 Å². The topological polar surface area (TPSA) is 86.8 Å². The number of rotatable bonds is 3. The molecule has 2 rings (SSSR count). The number of nitrogens with zero attached hydrogens (tertiary/aromatic N) is 1. The van der Waals surface area contributed by atoms with Gasteiger partial charge in [-0.3, -0.25) is 4.90 Å². The van der Waals surface area contributed by atoms with Crippen LogP contribution in [-0.4, -0.2) is 39.8 Å². The van der Waals surface area contributed by atoms with Crippen LogP contribution in [0.2, 0.25) is 0 Å². The van der Waals surface area contributed by atoms with Gasteiger partial charge < -0.3 is 15.9 Å². The third-order valence-electron chi connectivity index (χ3n) is 3.95. The molecule has 1 aromatic rings. The molecule has 1 aliphatic heterocycles. The van der Waals surface area contributed by atoms with E-state index in [4.69, 9.17) is 5.73 Å². The summed E-state index contributed by atoms with van der Waals surface area (Å²) in [4.78, 5) is 13.5. The van der Waals surface area contributed by atoms with Gasteiger partial charge >= 0.3 is 5.97 Å². The molecule has 110 valence electrons. The van der Waals surface area contributed by atoms with Gasteiger partial charge in [0.2, 0.25) is 0 Å². The monoisotopic (exact) mass is 278 g/mol. The zero-order chi connectivity index (χ0) is 14.8. The molecule has 0 aliphatic carbocycles. The first-order valence-electron chi connectivity index (χ1n) is 6.94. The van der Waals surface area contributed by atoms with E-state index in [2.05, 4.69) is 4.90 Å². The van der Waals surface area contributed by atoms with Crippen LogP contribution in [0, 0.1) is 0 Å². The smallest absolute Gasteiger partial charge is 0.338 e. The molecular formula is C15H22N2O3. The maximum atomic E-state index is 11.3. The van der Waals surface area contributed by atoms with Crippen molar-refractivity contribution in [3.05, 3.63) is 29.3 Å². The molecule has 0 aromatic heterocycles. The van der Waals surface area contributed by atoms with Crippen molar-refractivity contribution in [3.63, 3.8) is 0 Å².